The third kappa shape index (κ3) is 2.26. The van der Waals surface area contributed by atoms with Crippen molar-refractivity contribution >= 4 is 22.9 Å². The zero-order valence-corrected chi connectivity index (χ0v) is 13.2. The number of rotatable bonds is 2. The quantitative estimate of drug-likeness (QED) is 0.572. The highest BCUT2D eigenvalue weighted by molar-refractivity contribution is 6.32. The summed E-state index contributed by atoms with van der Waals surface area (Å²) in [5.74, 6) is 0. The Kier molecular flexibility index (Phi) is 3.09. The van der Waals surface area contributed by atoms with Crippen LogP contribution in [0.25, 0.3) is 22.6 Å². The second-order valence-electron chi connectivity index (χ2n) is 5.40. The Morgan fingerprint density at radius 2 is 2.04 bits per heavy atom. The number of nitrogen functional groups attached to an aromatic ring is 1. The van der Waals surface area contributed by atoms with Crippen LogP contribution >= 0.6 is 11.6 Å². The van der Waals surface area contributed by atoms with Gasteiger partial charge in [-0.25, -0.2) is 4.52 Å². The Morgan fingerprint density at radius 1 is 1.17 bits per heavy atom. The molecule has 3 aromatic heterocycles. The summed E-state index contributed by atoms with van der Waals surface area (Å²) in [6.07, 6.45) is 7.35. The van der Waals surface area contributed by atoms with Crippen LogP contribution in [0.15, 0.2) is 55.1 Å². The van der Waals surface area contributed by atoms with E-state index in [0.29, 0.717) is 10.7 Å². The highest BCUT2D eigenvalue weighted by atomic mass is 35.5. The van der Waals surface area contributed by atoms with E-state index in [1.165, 1.54) is 0 Å². The molecule has 5 nitrogen and oxygen atoms in total. The van der Waals surface area contributed by atoms with Crippen molar-refractivity contribution in [2.24, 2.45) is 0 Å². The molecule has 0 radical (unpaired) electrons. The van der Waals surface area contributed by atoms with Crippen LogP contribution in [0, 0.1) is 6.92 Å². The molecule has 2 N–H and O–H groups in total. The first-order valence-electron chi connectivity index (χ1n) is 7.16. The number of nitrogens with zero attached hydrogens (tertiary/aromatic N) is 4. The molecule has 0 saturated heterocycles. The maximum Gasteiger partial charge on any atom is 0.140 e. The molecule has 0 spiro atoms. The molecule has 0 aliphatic rings. The number of nitrogens with two attached hydrogens (primary N) is 1. The van der Waals surface area contributed by atoms with Crippen LogP contribution in [0.2, 0.25) is 5.02 Å². The summed E-state index contributed by atoms with van der Waals surface area (Å²) in [7, 11) is 0. The van der Waals surface area contributed by atoms with Crippen molar-refractivity contribution in [2.75, 3.05) is 5.73 Å². The Hall–Kier alpha value is -2.79. The number of aryl methyl sites for hydroxylation is 1. The molecule has 6 heteroatoms. The van der Waals surface area contributed by atoms with Gasteiger partial charge in [0.2, 0.25) is 0 Å². The average molecular weight is 324 g/mol. The highest BCUT2D eigenvalue weighted by Gasteiger charge is 2.12. The predicted molar refractivity (Wildman–Crippen MR) is 91.9 cm³/mol. The maximum atomic E-state index is 6.40. The summed E-state index contributed by atoms with van der Waals surface area (Å²) in [6.45, 7) is 1.94. The van der Waals surface area contributed by atoms with Crippen LogP contribution in [-0.4, -0.2) is 19.2 Å². The first-order chi connectivity index (χ1) is 11.1. The van der Waals surface area contributed by atoms with Gasteiger partial charge in [-0.3, -0.25) is 9.55 Å². The van der Waals surface area contributed by atoms with Crippen molar-refractivity contribution in [1.82, 2.24) is 19.2 Å². The summed E-state index contributed by atoms with van der Waals surface area (Å²) in [4.78, 5) is 4.14. The maximum absolute atomic E-state index is 6.40. The van der Waals surface area contributed by atoms with Crippen LogP contribution in [0.3, 0.4) is 0 Å². The van der Waals surface area contributed by atoms with E-state index < -0.39 is 0 Å². The molecule has 3 heterocycles. The average Bonchev–Trinajstić information content (AvgIpc) is 3.12. The van der Waals surface area contributed by atoms with E-state index in [0.717, 1.165) is 28.2 Å². The van der Waals surface area contributed by atoms with E-state index >= 15 is 0 Å². The monoisotopic (exact) mass is 323 g/mol. The Labute approximate surface area is 137 Å². The molecule has 114 valence electrons. The van der Waals surface area contributed by atoms with Gasteiger partial charge in [0.15, 0.2) is 0 Å². The SMILES string of the molecule is Cc1cc(Cl)c(-n2ccn3nc(-c4cccnc4)cc23)cc1N. The summed E-state index contributed by atoms with van der Waals surface area (Å²) in [6, 6.07) is 9.64. The van der Waals surface area contributed by atoms with Gasteiger partial charge >= 0.3 is 0 Å². The molecule has 0 unspecified atom stereocenters. The fourth-order valence-electron chi connectivity index (χ4n) is 2.60. The van der Waals surface area contributed by atoms with E-state index in [4.69, 9.17) is 17.3 Å². The molecule has 0 bridgehead atoms. The second-order valence-corrected chi connectivity index (χ2v) is 5.81. The van der Waals surface area contributed by atoms with Crippen molar-refractivity contribution in [3.63, 3.8) is 0 Å². The van der Waals surface area contributed by atoms with E-state index in [1.54, 1.807) is 12.4 Å². The Balaban J connectivity index is 1.89. The molecule has 0 amide bonds. The summed E-state index contributed by atoms with van der Waals surface area (Å²) < 4.78 is 3.79. The van der Waals surface area contributed by atoms with Crippen LogP contribution < -0.4 is 5.73 Å². The molecule has 4 rings (SSSR count). The van der Waals surface area contributed by atoms with Gasteiger partial charge in [0.25, 0.3) is 0 Å². The number of anilines is 1. The zero-order chi connectivity index (χ0) is 16.0. The molecule has 4 aromatic rings. The minimum atomic E-state index is 0.652. The molecule has 23 heavy (non-hydrogen) atoms. The fourth-order valence-corrected chi connectivity index (χ4v) is 2.91. The first-order valence-corrected chi connectivity index (χ1v) is 7.54. The number of fused-ring (bicyclic) bond motifs is 1. The lowest BCUT2D eigenvalue weighted by molar-refractivity contribution is 0.969. The molecule has 0 saturated carbocycles. The van der Waals surface area contributed by atoms with Crippen molar-refractivity contribution < 1.29 is 0 Å². The third-order valence-electron chi connectivity index (χ3n) is 3.87. The van der Waals surface area contributed by atoms with Gasteiger partial charge in [-0.2, -0.15) is 5.10 Å². The number of hydrogen-bond acceptors (Lipinski definition) is 3. The summed E-state index contributed by atoms with van der Waals surface area (Å²) >= 11 is 6.40. The second kappa shape index (κ2) is 5.14. The standard InChI is InChI=1S/C17H14ClN5/c1-11-7-13(18)16(8-14(11)19)22-5-6-23-17(22)9-15(21-23)12-3-2-4-20-10-12/h2-10H,19H2,1H3. The molecule has 0 aliphatic heterocycles. The number of imidazole rings is 1. The van der Waals surface area contributed by atoms with Gasteiger partial charge in [0, 0.05) is 42.1 Å². The van der Waals surface area contributed by atoms with Gasteiger partial charge in [-0.1, -0.05) is 11.6 Å². The normalized spacial score (nSPS) is 11.2. The summed E-state index contributed by atoms with van der Waals surface area (Å²) in [5, 5.41) is 5.23. The zero-order valence-electron chi connectivity index (χ0n) is 12.4. The fraction of sp³-hybridized carbons (Fsp3) is 0.0588. The van der Waals surface area contributed by atoms with Crippen LogP contribution in [0.5, 0.6) is 0 Å². The van der Waals surface area contributed by atoms with Gasteiger partial charge in [-0.15, -0.1) is 0 Å². The Morgan fingerprint density at radius 3 is 2.83 bits per heavy atom. The summed E-state index contributed by atoms with van der Waals surface area (Å²) in [5.41, 5.74) is 11.3. The van der Waals surface area contributed by atoms with Crippen molar-refractivity contribution in [3.8, 4) is 16.9 Å². The van der Waals surface area contributed by atoms with Crippen molar-refractivity contribution in [1.29, 1.82) is 0 Å². The number of halogens is 1. The third-order valence-corrected chi connectivity index (χ3v) is 4.17. The number of benzene rings is 1. The lowest BCUT2D eigenvalue weighted by Gasteiger charge is -2.09. The lowest BCUT2D eigenvalue weighted by atomic mass is 10.2. The van der Waals surface area contributed by atoms with Gasteiger partial charge in [-0.05, 0) is 36.8 Å². The molecule has 1 aromatic carbocycles. The van der Waals surface area contributed by atoms with E-state index in [-0.39, 0.29) is 0 Å². The van der Waals surface area contributed by atoms with Crippen LogP contribution in [0.1, 0.15) is 5.56 Å². The molecular weight excluding hydrogens is 310 g/mol. The Bertz CT molecular complexity index is 1000. The number of pyridine rings is 1. The minimum Gasteiger partial charge on any atom is -0.398 e. The largest absolute Gasteiger partial charge is 0.398 e. The molecule has 0 atom stereocenters. The van der Waals surface area contributed by atoms with E-state index in [9.17, 15) is 0 Å². The van der Waals surface area contributed by atoms with E-state index in [2.05, 4.69) is 10.1 Å². The lowest BCUT2D eigenvalue weighted by Crippen LogP contribution is -1.97. The van der Waals surface area contributed by atoms with Gasteiger partial charge in [0.1, 0.15) is 5.65 Å². The topological polar surface area (TPSA) is 61.1 Å². The minimum absolute atomic E-state index is 0.652. The smallest absolute Gasteiger partial charge is 0.140 e. The van der Waals surface area contributed by atoms with E-state index in [1.807, 2.05) is 58.7 Å². The van der Waals surface area contributed by atoms with Crippen LogP contribution in [-0.2, 0) is 0 Å². The van der Waals surface area contributed by atoms with Crippen molar-refractivity contribution in [3.05, 3.63) is 65.7 Å². The predicted octanol–water partition coefficient (Wildman–Crippen LogP) is 3.73. The van der Waals surface area contributed by atoms with Crippen molar-refractivity contribution in [2.45, 2.75) is 6.92 Å². The molecule has 0 aliphatic carbocycles. The van der Waals surface area contributed by atoms with Gasteiger partial charge in [0.05, 0.1) is 16.4 Å². The van der Waals surface area contributed by atoms with Crippen LogP contribution in [0.4, 0.5) is 5.69 Å². The van der Waals surface area contributed by atoms with Gasteiger partial charge < -0.3 is 5.73 Å². The first kappa shape index (κ1) is 13.8. The molecule has 0 fully saturated rings. The number of aromatic nitrogens is 4. The number of hydrogen-bond donors (Lipinski definition) is 1. The highest BCUT2D eigenvalue weighted by Crippen LogP contribution is 2.29. The molecular formula is C17H14ClN5.